The Morgan fingerprint density at radius 2 is 2.05 bits per heavy atom. The van der Waals surface area contributed by atoms with Gasteiger partial charge in [0.05, 0.1) is 19.1 Å². The van der Waals surface area contributed by atoms with Crippen molar-refractivity contribution in [3.63, 3.8) is 0 Å². The van der Waals surface area contributed by atoms with Gasteiger partial charge in [0.1, 0.15) is 5.69 Å². The van der Waals surface area contributed by atoms with Crippen LogP contribution in [0.2, 0.25) is 0 Å². The van der Waals surface area contributed by atoms with Crippen molar-refractivity contribution in [1.82, 2.24) is 4.98 Å². The van der Waals surface area contributed by atoms with Crippen molar-refractivity contribution in [3.8, 4) is 0 Å². The van der Waals surface area contributed by atoms with E-state index in [4.69, 9.17) is 0 Å². The lowest BCUT2D eigenvalue weighted by molar-refractivity contribution is -0.141. The summed E-state index contributed by atoms with van der Waals surface area (Å²) in [7, 11) is 0.985. The maximum absolute atomic E-state index is 12.7. The highest BCUT2D eigenvalue weighted by molar-refractivity contribution is 9.10. The average molecular weight is 348 g/mol. The van der Waals surface area contributed by atoms with E-state index in [9.17, 15) is 26.7 Å². The first kappa shape index (κ1) is 15.8. The number of halogens is 6. The summed E-state index contributed by atoms with van der Waals surface area (Å²) in [4.78, 5) is 14.1. The van der Waals surface area contributed by atoms with Crippen LogP contribution in [0.5, 0.6) is 0 Å². The number of pyridine rings is 1. The first-order valence-electron chi connectivity index (χ1n) is 4.78. The van der Waals surface area contributed by atoms with Crippen LogP contribution in [0.3, 0.4) is 0 Å². The van der Waals surface area contributed by atoms with Crippen LogP contribution in [0.25, 0.3) is 0 Å². The maximum atomic E-state index is 12.7. The molecule has 0 saturated carbocycles. The lowest BCUT2D eigenvalue weighted by Gasteiger charge is -2.15. The van der Waals surface area contributed by atoms with Crippen molar-refractivity contribution in [2.75, 3.05) is 7.11 Å². The highest BCUT2D eigenvalue weighted by atomic mass is 79.9. The molecule has 0 unspecified atom stereocenters. The molecule has 19 heavy (non-hydrogen) atoms. The maximum Gasteiger partial charge on any atom is 0.418 e. The van der Waals surface area contributed by atoms with Gasteiger partial charge < -0.3 is 4.74 Å². The molecule has 0 spiro atoms. The number of hydrogen-bond acceptors (Lipinski definition) is 3. The molecule has 0 atom stereocenters. The Labute approximate surface area is 112 Å². The summed E-state index contributed by atoms with van der Waals surface area (Å²) in [6.07, 6.45) is -8.37. The van der Waals surface area contributed by atoms with E-state index < -0.39 is 46.3 Å². The third kappa shape index (κ3) is 3.62. The standard InChI is InChI=1S/C10H7BrF5NO2/c1-19-6(18)2-4-5(10(14,15)16)3-17-8(7(4)11)9(12)13/h3,9H,2H2,1H3. The van der Waals surface area contributed by atoms with Crippen molar-refractivity contribution in [3.05, 3.63) is 27.5 Å². The van der Waals surface area contributed by atoms with E-state index in [0.717, 1.165) is 7.11 Å². The predicted octanol–water partition coefficient (Wildman–Crippen LogP) is 3.52. The van der Waals surface area contributed by atoms with Crippen LogP contribution >= 0.6 is 15.9 Å². The second-order valence-electron chi connectivity index (χ2n) is 3.40. The van der Waals surface area contributed by atoms with Gasteiger partial charge in [-0.05, 0) is 21.5 Å². The summed E-state index contributed by atoms with van der Waals surface area (Å²) in [6.45, 7) is 0. The molecular weight excluding hydrogens is 341 g/mol. The van der Waals surface area contributed by atoms with E-state index in [0.29, 0.717) is 0 Å². The number of esters is 1. The molecule has 1 rings (SSSR count). The van der Waals surface area contributed by atoms with Gasteiger partial charge in [0.2, 0.25) is 0 Å². The first-order valence-corrected chi connectivity index (χ1v) is 5.57. The predicted molar refractivity (Wildman–Crippen MR) is 57.6 cm³/mol. The number of hydrogen-bond donors (Lipinski definition) is 0. The van der Waals surface area contributed by atoms with Crippen molar-refractivity contribution < 1.29 is 31.5 Å². The Bertz CT molecular complexity index is 490. The Morgan fingerprint density at radius 1 is 1.47 bits per heavy atom. The van der Waals surface area contributed by atoms with Gasteiger partial charge in [-0.1, -0.05) is 0 Å². The van der Waals surface area contributed by atoms with Gasteiger partial charge in [-0.2, -0.15) is 13.2 Å². The zero-order valence-corrected chi connectivity index (χ0v) is 11.0. The molecule has 0 aliphatic heterocycles. The lowest BCUT2D eigenvalue weighted by Crippen LogP contribution is -2.16. The number of carbonyl (C=O) groups is 1. The van der Waals surface area contributed by atoms with Crippen LogP contribution < -0.4 is 0 Å². The van der Waals surface area contributed by atoms with Crippen LogP contribution in [0, 0.1) is 0 Å². The summed E-state index contributed by atoms with van der Waals surface area (Å²) >= 11 is 2.63. The summed E-state index contributed by atoms with van der Waals surface area (Å²) in [6, 6.07) is 0. The van der Waals surface area contributed by atoms with Gasteiger partial charge in [0.15, 0.2) is 0 Å². The van der Waals surface area contributed by atoms with E-state index in [1.807, 2.05) is 0 Å². The molecule has 0 amide bonds. The Kier molecular flexibility index (Phi) is 4.83. The number of carbonyl (C=O) groups excluding carboxylic acids is 1. The quantitative estimate of drug-likeness (QED) is 0.620. The highest BCUT2D eigenvalue weighted by Crippen LogP contribution is 2.38. The van der Waals surface area contributed by atoms with E-state index >= 15 is 0 Å². The molecule has 9 heteroatoms. The average Bonchev–Trinajstić information content (AvgIpc) is 2.29. The summed E-state index contributed by atoms with van der Waals surface area (Å²) in [5, 5.41) is 0. The van der Waals surface area contributed by atoms with Crippen LogP contribution in [0.4, 0.5) is 22.0 Å². The van der Waals surface area contributed by atoms with Gasteiger partial charge in [-0.25, -0.2) is 8.78 Å². The van der Waals surface area contributed by atoms with E-state index in [1.54, 1.807) is 0 Å². The second-order valence-corrected chi connectivity index (χ2v) is 4.19. The molecule has 0 radical (unpaired) electrons. The fourth-order valence-electron chi connectivity index (χ4n) is 1.33. The zero-order valence-electron chi connectivity index (χ0n) is 9.39. The minimum Gasteiger partial charge on any atom is -0.469 e. The van der Waals surface area contributed by atoms with Crippen molar-refractivity contribution in [2.45, 2.75) is 19.0 Å². The molecule has 1 aromatic heterocycles. The van der Waals surface area contributed by atoms with E-state index in [2.05, 4.69) is 25.7 Å². The second kappa shape index (κ2) is 5.81. The van der Waals surface area contributed by atoms with Crippen molar-refractivity contribution in [1.29, 1.82) is 0 Å². The smallest absolute Gasteiger partial charge is 0.418 e. The molecule has 1 heterocycles. The molecule has 0 aromatic carbocycles. The van der Waals surface area contributed by atoms with Crippen LogP contribution in [0.1, 0.15) is 23.2 Å². The summed E-state index contributed by atoms with van der Waals surface area (Å²) in [5.41, 5.74) is -2.73. The Balaban J connectivity index is 3.42. The number of ether oxygens (including phenoxy) is 1. The van der Waals surface area contributed by atoms with Gasteiger partial charge in [0.25, 0.3) is 6.43 Å². The number of methoxy groups -OCH3 is 1. The molecule has 0 aliphatic rings. The number of rotatable bonds is 3. The van der Waals surface area contributed by atoms with Gasteiger partial charge >= 0.3 is 12.1 Å². The van der Waals surface area contributed by atoms with Gasteiger partial charge in [0, 0.05) is 10.7 Å². The SMILES string of the molecule is COC(=O)Cc1c(C(F)(F)F)cnc(C(F)F)c1Br. The van der Waals surface area contributed by atoms with E-state index in [-0.39, 0.29) is 6.20 Å². The van der Waals surface area contributed by atoms with Crippen molar-refractivity contribution >= 4 is 21.9 Å². The molecule has 0 aliphatic carbocycles. The molecular formula is C10H7BrF5NO2. The summed E-state index contributed by atoms with van der Waals surface area (Å²) < 4.78 is 67.0. The minimum absolute atomic E-state index is 0.282. The van der Waals surface area contributed by atoms with Gasteiger partial charge in [-0.15, -0.1) is 0 Å². The molecule has 0 fully saturated rings. The molecule has 0 N–H and O–H groups in total. The molecule has 106 valence electrons. The topological polar surface area (TPSA) is 39.2 Å². The van der Waals surface area contributed by atoms with Crippen LogP contribution in [-0.2, 0) is 22.1 Å². The largest absolute Gasteiger partial charge is 0.469 e. The number of nitrogens with zero attached hydrogens (tertiary/aromatic N) is 1. The highest BCUT2D eigenvalue weighted by Gasteiger charge is 2.36. The van der Waals surface area contributed by atoms with Crippen molar-refractivity contribution in [2.24, 2.45) is 0 Å². The van der Waals surface area contributed by atoms with Crippen LogP contribution in [-0.4, -0.2) is 18.1 Å². The Morgan fingerprint density at radius 3 is 2.47 bits per heavy atom. The van der Waals surface area contributed by atoms with Crippen LogP contribution in [0.15, 0.2) is 10.7 Å². The minimum atomic E-state index is -4.81. The number of aromatic nitrogens is 1. The third-order valence-corrected chi connectivity index (χ3v) is 3.09. The fraction of sp³-hybridized carbons (Fsp3) is 0.400. The molecule has 3 nitrogen and oxygen atoms in total. The van der Waals surface area contributed by atoms with Gasteiger partial charge in [-0.3, -0.25) is 9.78 Å². The fourth-order valence-corrected chi connectivity index (χ4v) is 1.96. The monoisotopic (exact) mass is 347 g/mol. The third-order valence-electron chi connectivity index (χ3n) is 2.21. The summed E-state index contributed by atoms with van der Waals surface area (Å²) in [5.74, 6) is -0.974. The molecule has 0 bridgehead atoms. The molecule has 1 aromatic rings. The first-order chi connectivity index (χ1) is 8.68. The Hall–Kier alpha value is -1.25. The lowest BCUT2D eigenvalue weighted by atomic mass is 10.1. The number of alkyl halides is 5. The molecule has 0 saturated heterocycles. The van der Waals surface area contributed by atoms with E-state index in [1.165, 1.54) is 0 Å². The normalized spacial score (nSPS) is 11.8. The zero-order chi connectivity index (χ0) is 14.8.